The number of carboxylic acid groups (broad SMARTS) is 1. The van der Waals surface area contributed by atoms with Crippen molar-refractivity contribution >= 4 is 23.8 Å². The quantitative estimate of drug-likeness (QED) is 0.0859. The second-order valence-electron chi connectivity index (χ2n) is 7.76. The molecule has 0 unspecified atom stereocenters. The first-order valence-electron chi connectivity index (χ1n) is 10.9. The maximum Gasteiger partial charge on any atom is 0.370 e. The summed E-state index contributed by atoms with van der Waals surface area (Å²) >= 11 is 0. The largest absolute Gasteiger partial charge is 0.478 e. The molecule has 0 saturated carbocycles. The summed E-state index contributed by atoms with van der Waals surface area (Å²) in [4.78, 5) is 39.8. The molecule has 0 bridgehead atoms. The molecule has 1 amide bonds. The summed E-state index contributed by atoms with van der Waals surface area (Å²) in [5.74, 6) is -3.20. The summed E-state index contributed by atoms with van der Waals surface area (Å²) in [6.45, 7) is 2.73. The fourth-order valence-corrected chi connectivity index (χ4v) is 3.60. The maximum absolute atomic E-state index is 12.3. The first-order chi connectivity index (χ1) is 15.6. The molecule has 196 valence electrons. The van der Waals surface area contributed by atoms with Gasteiger partial charge in [-0.3, -0.25) is 9.59 Å². The van der Waals surface area contributed by atoms with Gasteiger partial charge in [0.2, 0.25) is 11.7 Å². The van der Waals surface area contributed by atoms with Crippen LogP contribution in [0.15, 0.2) is 16.8 Å². The lowest BCUT2D eigenvalue weighted by Crippen LogP contribution is -2.60. The SMILES string of the molecule is CCCCCCCC(=O)O[C@H](CO)[C@@H](OC)[C@@H]1OC(C(=O)O)=C[C@H](N=C(N)N)[C@H]1NC(C)=O.O. The van der Waals surface area contributed by atoms with Crippen LogP contribution in [0.1, 0.15) is 52.4 Å². The number of aliphatic hydroxyl groups excluding tert-OH is 1. The third-order valence-electron chi connectivity index (χ3n) is 5.10. The van der Waals surface area contributed by atoms with Crippen LogP contribution in [0.3, 0.4) is 0 Å². The van der Waals surface area contributed by atoms with Crippen LogP contribution in [0, 0.1) is 0 Å². The first kappa shape index (κ1) is 31.1. The molecule has 34 heavy (non-hydrogen) atoms. The summed E-state index contributed by atoms with van der Waals surface area (Å²) < 4.78 is 16.5. The van der Waals surface area contributed by atoms with Crippen molar-refractivity contribution in [1.82, 2.24) is 5.32 Å². The van der Waals surface area contributed by atoms with Crippen molar-refractivity contribution in [2.45, 2.75) is 82.8 Å². The predicted octanol–water partition coefficient (Wildman–Crippen LogP) is -1.04. The van der Waals surface area contributed by atoms with Crippen LogP contribution in [0.2, 0.25) is 0 Å². The van der Waals surface area contributed by atoms with Crippen LogP contribution < -0.4 is 16.8 Å². The zero-order chi connectivity index (χ0) is 25.0. The van der Waals surface area contributed by atoms with E-state index in [1.165, 1.54) is 14.0 Å². The molecule has 13 heteroatoms. The number of nitrogens with two attached hydrogens (primary N) is 2. The van der Waals surface area contributed by atoms with Gasteiger partial charge >= 0.3 is 11.9 Å². The van der Waals surface area contributed by atoms with Gasteiger partial charge in [-0.2, -0.15) is 0 Å². The molecule has 1 heterocycles. The number of rotatable bonds is 14. The van der Waals surface area contributed by atoms with Crippen molar-refractivity contribution in [3.05, 3.63) is 11.8 Å². The number of carbonyl (C=O) groups excluding carboxylic acids is 2. The highest BCUT2D eigenvalue weighted by atomic mass is 16.6. The lowest BCUT2D eigenvalue weighted by molar-refractivity contribution is -0.174. The predicted molar refractivity (Wildman–Crippen MR) is 123 cm³/mol. The van der Waals surface area contributed by atoms with E-state index in [-0.39, 0.29) is 17.9 Å². The topological polar surface area (TPSA) is 227 Å². The minimum atomic E-state index is -1.39. The summed E-state index contributed by atoms with van der Waals surface area (Å²) in [6, 6.07) is -1.98. The Balaban J connectivity index is 0.0000109. The standard InChI is InChI=1S/C21H36N4O8.H2O/c1-4-5-6-7-8-9-16(28)32-15(11-26)18(31-3)19-17(24-12(2)27)13(25-21(22)23)10-14(33-19)20(29)30;/h10,13,15,17-19,26H,4-9,11H2,1-3H3,(H,24,27)(H,29,30)(H4,22,23,25);1H2/t13-,15+,17+,18+,19+;/m0./s1. The highest BCUT2D eigenvalue weighted by molar-refractivity contribution is 5.85. The highest BCUT2D eigenvalue weighted by Gasteiger charge is 2.46. The van der Waals surface area contributed by atoms with E-state index in [9.17, 15) is 24.6 Å². The van der Waals surface area contributed by atoms with E-state index >= 15 is 0 Å². The number of aliphatic imine (C=N–C) groups is 1. The summed E-state index contributed by atoms with van der Waals surface area (Å²) in [5.41, 5.74) is 11.0. The van der Waals surface area contributed by atoms with Crippen LogP contribution in [-0.4, -0.2) is 83.6 Å². The van der Waals surface area contributed by atoms with Gasteiger partial charge in [-0.25, -0.2) is 9.79 Å². The Morgan fingerprint density at radius 1 is 1.24 bits per heavy atom. The van der Waals surface area contributed by atoms with Crippen LogP contribution in [0.25, 0.3) is 0 Å². The zero-order valence-corrected chi connectivity index (χ0v) is 19.9. The third-order valence-corrected chi connectivity index (χ3v) is 5.10. The van der Waals surface area contributed by atoms with Crippen molar-refractivity contribution in [2.75, 3.05) is 13.7 Å². The van der Waals surface area contributed by atoms with Gasteiger partial charge in [-0.05, 0) is 12.5 Å². The summed E-state index contributed by atoms with van der Waals surface area (Å²) in [6.07, 6.45) is 2.48. The van der Waals surface area contributed by atoms with Crippen molar-refractivity contribution in [1.29, 1.82) is 0 Å². The summed E-state index contributed by atoms with van der Waals surface area (Å²) in [7, 11) is 1.29. The van der Waals surface area contributed by atoms with Crippen molar-refractivity contribution in [3.63, 3.8) is 0 Å². The fourth-order valence-electron chi connectivity index (χ4n) is 3.60. The monoisotopic (exact) mass is 490 g/mol. The maximum atomic E-state index is 12.3. The molecule has 0 saturated heterocycles. The zero-order valence-electron chi connectivity index (χ0n) is 19.9. The van der Waals surface area contributed by atoms with Gasteiger partial charge in [0.25, 0.3) is 0 Å². The molecule has 0 aromatic rings. The number of guanidine groups is 1. The lowest BCUT2D eigenvalue weighted by atomic mass is 9.92. The molecule has 13 nitrogen and oxygen atoms in total. The van der Waals surface area contributed by atoms with Gasteiger partial charge in [0.05, 0.1) is 18.7 Å². The molecule has 0 aromatic carbocycles. The highest BCUT2D eigenvalue weighted by Crippen LogP contribution is 2.27. The number of hydrogen-bond acceptors (Lipinski definition) is 8. The van der Waals surface area contributed by atoms with Crippen LogP contribution in [-0.2, 0) is 28.6 Å². The Kier molecular flexibility index (Phi) is 14.5. The molecule has 9 N–H and O–H groups in total. The number of nitrogens with one attached hydrogen (secondary N) is 1. The Morgan fingerprint density at radius 3 is 2.38 bits per heavy atom. The smallest absolute Gasteiger partial charge is 0.370 e. The van der Waals surface area contributed by atoms with Gasteiger partial charge in [-0.15, -0.1) is 0 Å². The van der Waals surface area contributed by atoms with Gasteiger partial charge in [-0.1, -0.05) is 32.6 Å². The molecular formula is C21H38N4O9. The van der Waals surface area contributed by atoms with E-state index in [0.717, 1.165) is 31.8 Å². The van der Waals surface area contributed by atoms with Crippen LogP contribution in [0.5, 0.6) is 0 Å². The Hall–Kier alpha value is -2.90. The minimum absolute atomic E-state index is 0. The molecule has 1 rings (SSSR count). The van der Waals surface area contributed by atoms with E-state index in [4.69, 9.17) is 25.7 Å². The first-order valence-corrected chi connectivity index (χ1v) is 10.9. The van der Waals surface area contributed by atoms with E-state index in [1.807, 2.05) is 0 Å². The summed E-state index contributed by atoms with van der Waals surface area (Å²) in [5, 5.41) is 22.0. The number of ether oxygens (including phenoxy) is 3. The number of aliphatic carboxylic acids is 1. The van der Waals surface area contributed by atoms with Gasteiger partial charge < -0.3 is 46.7 Å². The van der Waals surface area contributed by atoms with Crippen molar-refractivity contribution in [3.8, 4) is 0 Å². The van der Waals surface area contributed by atoms with Crippen molar-refractivity contribution < 1.29 is 44.3 Å². The molecule has 1 aliphatic rings. The fraction of sp³-hybridized carbons (Fsp3) is 0.714. The number of aliphatic hydroxyl groups is 1. The van der Waals surface area contributed by atoms with E-state index in [2.05, 4.69) is 17.2 Å². The number of hydrogen-bond donors (Lipinski definition) is 5. The van der Waals surface area contributed by atoms with Crippen molar-refractivity contribution in [2.24, 2.45) is 16.5 Å². The minimum Gasteiger partial charge on any atom is -0.478 e. The molecule has 0 aromatic heterocycles. The van der Waals surface area contributed by atoms with E-state index in [1.54, 1.807) is 0 Å². The van der Waals surface area contributed by atoms with Crippen LogP contribution in [0.4, 0.5) is 0 Å². The molecule has 1 aliphatic heterocycles. The lowest BCUT2D eigenvalue weighted by Gasteiger charge is -2.40. The number of unbranched alkanes of at least 4 members (excludes halogenated alkanes) is 4. The number of methoxy groups -OCH3 is 1. The van der Waals surface area contributed by atoms with E-state index in [0.29, 0.717) is 6.42 Å². The Morgan fingerprint density at radius 2 is 1.88 bits per heavy atom. The molecule has 0 spiro atoms. The normalized spacial score (nSPS) is 21.1. The molecule has 0 radical (unpaired) electrons. The third kappa shape index (κ3) is 9.93. The second kappa shape index (κ2) is 15.9. The Labute approximate surface area is 198 Å². The molecule has 0 aliphatic carbocycles. The van der Waals surface area contributed by atoms with Gasteiger partial charge in [0.15, 0.2) is 18.2 Å². The average molecular weight is 491 g/mol. The number of carbonyl (C=O) groups is 3. The average Bonchev–Trinajstić information content (AvgIpc) is 2.74. The van der Waals surface area contributed by atoms with Crippen LogP contribution >= 0.6 is 0 Å². The van der Waals surface area contributed by atoms with Gasteiger partial charge in [0, 0.05) is 20.5 Å². The van der Waals surface area contributed by atoms with E-state index < -0.39 is 60.6 Å². The Bertz CT molecular complexity index is 725. The van der Waals surface area contributed by atoms with Gasteiger partial charge in [0.1, 0.15) is 6.10 Å². The number of carboxylic acids is 1. The second-order valence-corrected chi connectivity index (χ2v) is 7.76. The molecular weight excluding hydrogens is 452 g/mol. The number of nitrogens with zero attached hydrogens (tertiary/aromatic N) is 1. The number of amides is 1. The molecule has 0 fully saturated rings. The number of esters is 1. The molecule has 5 atom stereocenters.